The van der Waals surface area contributed by atoms with E-state index in [1.807, 2.05) is 0 Å². The minimum absolute atomic E-state index is 0.175. The molecule has 1 atom stereocenters. The molecule has 0 saturated carbocycles. The molecule has 1 aromatic carbocycles. The molecule has 0 aliphatic heterocycles. The van der Waals surface area contributed by atoms with E-state index in [0.717, 1.165) is 12.1 Å². The molecule has 0 fully saturated rings. The molecule has 1 rings (SSSR count). The summed E-state index contributed by atoms with van der Waals surface area (Å²) in [4.78, 5) is 23.6. The van der Waals surface area contributed by atoms with Crippen molar-refractivity contribution < 1.29 is 23.1 Å². The second kappa shape index (κ2) is 6.51. The van der Waals surface area contributed by atoms with E-state index in [4.69, 9.17) is 4.74 Å². The zero-order valence-corrected chi connectivity index (χ0v) is 13.7. The summed E-state index contributed by atoms with van der Waals surface area (Å²) in [5.74, 6) is -3.74. The SMILES string of the molecule is C[C@H](NC(=O)c1c(F)cc(Br)cc1F)C(=O)OC(C)(C)C. The van der Waals surface area contributed by atoms with E-state index >= 15 is 0 Å². The van der Waals surface area contributed by atoms with Crippen LogP contribution >= 0.6 is 15.9 Å². The number of rotatable bonds is 3. The van der Waals surface area contributed by atoms with Gasteiger partial charge in [-0.15, -0.1) is 0 Å². The first kappa shape index (κ1) is 17.6. The Kier molecular flexibility index (Phi) is 5.44. The molecule has 1 amide bonds. The minimum atomic E-state index is -1.03. The molecule has 0 aromatic heterocycles. The lowest BCUT2D eigenvalue weighted by Crippen LogP contribution is -2.42. The van der Waals surface area contributed by atoms with Gasteiger partial charge in [0, 0.05) is 4.47 Å². The molecule has 1 N–H and O–H groups in total. The lowest BCUT2D eigenvalue weighted by atomic mass is 10.1. The summed E-state index contributed by atoms with van der Waals surface area (Å²) in [7, 11) is 0. The van der Waals surface area contributed by atoms with Crippen molar-refractivity contribution in [2.75, 3.05) is 0 Å². The van der Waals surface area contributed by atoms with Gasteiger partial charge in [-0.2, -0.15) is 0 Å². The molecule has 0 saturated heterocycles. The Bertz CT molecular complexity index is 547. The van der Waals surface area contributed by atoms with Crippen molar-refractivity contribution in [1.82, 2.24) is 5.32 Å². The van der Waals surface area contributed by atoms with Crippen LogP contribution in [0.2, 0.25) is 0 Å². The topological polar surface area (TPSA) is 55.4 Å². The third-order valence-electron chi connectivity index (χ3n) is 2.34. The first-order valence-corrected chi connectivity index (χ1v) is 6.99. The molecule has 0 aliphatic carbocycles. The maximum Gasteiger partial charge on any atom is 0.328 e. The number of carbonyl (C=O) groups is 2. The fourth-order valence-corrected chi connectivity index (χ4v) is 1.88. The molecule has 116 valence electrons. The summed E-state index contributed by atoms with van der Waals surface area (Å²) in [5, 5.41) is 2.21. The number of hydrogen-bond donors (Lipinski definition) is 1. The minimum Gasteiger partial charge on any atom is -0.458 e. The van der Waals surface area contributed by atoms with Crippen molar-refractivity contribution in [1.29, 1.82) is 0 Å². The third-order valence-corrected chi connectivity index (χ3v) is 2.80. The lowest BCUT2D eigenvalue weighted by Gasteiger charge is -2.22. The van der Waals surface area contributed by atoms with Gasteiger partial charge in [-0.1, -0.05) is 15.9 Å². The van der Waals surface area contributed by atoms with Crippen LogP contribution in [0.4, 0.5) is 8.78 Å². The van der Waals surface area contributed by atoms with Gasteiger partial charge in [0.15, 0.2) is 0 Å². The quantitative estimate of drug-likeness (QED) is 0.839. The van der Waals surface area contributed by atoms with Crippen LogP contribution in [0.25, 0.3) is 0 Å². The molecule has 1 aromatic rings. The lowest BCUT2D eigenvalue weighted by molar-refractivity contribution is -0.156. The fraction of sp³-hybridized carbons (Fsp3) is 0.429. The average Bonchev–Trinajstić information content (AvgIpc) is 2.24. The highest BCUT2D eigenvalue weighted by molar-refractivity contribution is 9.10. The molecular weight excluding hydrogens is 348 g/mol. The monoisotopic (exact) mass is 363 g/mol. The Hall–Kier alpha value is -1.50. The number of halogens is 3. The van der Waals surface area contributed by atoms with Gasteiger partial charge >= 0.3 is 5.97 Å². The third kappa shape index (κ3) is 5.08. The van der Waals surface area contributed by atoms with Gasteiger partial charge in [0.25, 0.3) is 5.91 Å². The molecule has 0 spiro atoms. The highest BCUT2D eigenvalue weighted by Gasteiger charge is 2.26. The second-order valence-corrected chi connectivity index (χ2v) is 6.39. The van der Waals surface area contributed by atoms with Crippen LogP contribution in [0.3, 0.4) is 0 Å². The number of esters is 1. The highest BCUT2D eigenvalue weighted by Crippen LogP contribution is 2.19. The van der Waals surface area contributed by atoms with Crippen LogP contribution in [0.1, 0.15) is 38.1 Å². The zero-order chi connectivity index (χ0) is 16.4. The van der Waals surface area contributed by atoms with Crippen LogP contribution in [-0.4, -0.2) is 23.5 Å². The van der Waals surface area contributed by atoms with Gasteiger partial charge in [0.1, 0.15) is 28.8 Å². The Morgan fingerprint density at radius 1 is 1.24 bits per heavy atom. The van der Waals surface area contributed by atoms with Crippen molar-refractivity contribution >= 4 is 27.8 Å². The van der Waals surface area contributed by atoms with Crippen molar-refractivity contribution in [3.8, 4) is 0 Å². The number of hydrogen-bond acceptors (Lipinski definition) is 3. The van der Waals surface area contributed by atoms with E-state index in [1.165, 1.54) is 6.92 Å². The summed E-state index contributed by atoms with van der Waals surface area (Å²) in [5.41, 5.74) is -1.46. The van der Waals surface area contributed by atoms with Crippen LogP contribution in [0.15, 0.2) is 16.6 Å². The standard InChI is InChI=1S/C14H16BrF2NO3/c1-7(13(20)21-14(2,3)4)18-12(19)11-9(16)5-8(15)6-10(11)17/h5-7H,1-4H3,(H,18,19)/t7-/m0/s1. The molecule has 7 heteroatoms. The number of amides is 1. The predicted molar refractivity (Wildman–Crippen MR) is 76.8 cm³/mol. The zero-order valence-electron chi connectivity index (χ0n) is 12.1. The summed E-state index contributed by atoms with van der Waals surface area (Å²) < 4.78 is 32.5. The number of carbonyl (C=O) groups excluding carboxylic acids is 2. The Balaban J connectivity index is 2.85. The summed E-state index contributed by atoms with van der Waals surface area (Å²) >= 11 is 2.92. The number of benzene rings is 1. The largest absolute Gasteiger partial charge is 0.458 e. The van der Waals surface area contributed by atoms with Crippen molar-refractivity contribution in [3.63, 3.8) is 0 Å². The highest BCUT2D eigenvalue weighted by atomic mass is 79.9. The van der Waals surface area contributed by atoms with E-state index < -0.39 is 40.7 Å². The van der Waals surface area contributed by atoms with E-state index in [-0.39, 0.29) is 4.47 Å². The van der Waals surface area contributed by atoms with Crippen molar-refractivity contribution in [2.24, 2.45) is 0 Å². The smallest absolute Gasteiger partial charge is 0.328 e. The summed E-state index contributed by atoms with van der Waals surface area (Å²) in [6.07, 6.45) is 0. The van der Waals surface area contributed by atoms with E-state index in [0.29, 0.717) is 0 Å². The van der Waals surface area contributed by atoms with Gasteiger partial charge in [0.05, 0.1) is 0 Å². The Labute approximate surface area is 130 Å². The van der Waals surface area contributed by atoms with Crippen LogP contribution in [-0.2, 0) is 9.53 Å². The Morgan fingerprint density at radius 2 is 1.71 bits per heavy atom. The first-order valence-electron chi connectivity index (χ1n) is 6.19. The molecule has 4 nitrogen and oxygen atoms in total. The molecule has 0 bridgehead atoms. The molecule has 0 heterocycles. The fourth-order valence-electron chi connectivity index (χ4n) is 1.48. The first-order chi connectivity index (χ1) is 9.51. The summed E-state index contributed by atoms with van der Waals surface area (Å²) in [6.45, 7) is 6.40. The Morgan fingerprint density at radius 3 is 2.14 bits per heavy atom. The van der Waals surface area contributed by atoms with Crippen molar-refractivity contribution in [3.05, 3.63) is 33.8 Å². The van der Waals surface area contributed by atoms with Crippen LogP contribution in [0, 0.1) is 11.6 Å². The maximum atomic E-state index is 13.6. The van der Waals surface area contributed by atoms with E-state index in [2.05, 4.69) is 21.2 Å². The number of nitrogens with one attached hydrogen (secondary N) is 1. The molecule has 0 radical (unpaired) electrons. The van der Waals surface area contributed by atoms with E-state index in [9.17, 15) is 18.4 Å². The van der Waals surface area contributed by atoms with Crippen molar-refractivity contribution in [2.45, 2.75) is 39.3 Å². The van der Waals surface area contributed by atoms with Gasteiger partial charge in [-0.25, -0.2) is 13.6 Å². The molecule has 0 aliphatic rings. The average molecular weight is 364 g/mol. The number of ether oxygens (including phenoxy) is 1. The second-order valence-electron chi connectivity index (χ2n) is 5.47. The summed E-state index contributed by atoms with van der Waals surface area (Å²) in [6, 6.07) is 0.908. The van der Waals surface area contributed by atoms with Gasteiger partial charge in [-0.3, -0.25) is 4.79 Å². The maximum absolute atomic E-state index is 13.6. The predicted octanol–water partition coefficient (Wildman–Crippen LogP) is 3.19. The molecule has 0 unspecified atom stereocenters. The van der Waals surface area contributed by atoms with Crippen LogP contribution in [0.5, 0.6) is 0 Å². The van der Waals surface area contributed by atoms with Crippen LogP contribution < -0.4 is 5.32 Å². The van der Waals surface area contributed by atoms with Gasteiger partial charge < -0.3 is 10.1 Å². The van der Waals surface area contributed by atoms with Gasteiger partial charge in [-0.05, 0) is 39.8 Å². The van der Waals surface area contributed by atoms with Gasteiger partial charge in [0.2, 0.25) is 0 Å². The molecular formula is C14H16BrF2NO3. The van der Waals surface area contributed by atoms with E-state index in [1.54, 1.807) is 20.8 Å². The normalized spacial score (nSPS) is 12.7. The molecule has 21 heavy (non-hydrogen) atoms.